The number of hydrogen-bond donors (Lipinski definition) is 1. The number of carbonyl (C=O) groups is 2. The first kappa shape index (κ1) is 21.7. The minimum absolute atomic E-state index is 0.0510. The van der Waals surface area contributed by atoms with E-state index in [2.05, 4.69) is 4.98 Å². The summed E-state index contributed by atoms with van der Waals surface area (Å²) in [6, 6.07) is 15.3. The first-order chi connectivity index (χ1) is 16.5. The zero-order chi connectivity index (χ0) is 23.8. The minimum Gasteiger partial charge on any atom is -0.507 e. The molecule has 34 heavy (non-hydrogen) atoms. The molecule has 5 rings (SSSR count). The van der Waals surface area contributed by atoms with Crippen molar-refractivity contribution in [2.45, 2.75) is 32.0 Å². The molecule has 1 amide bonds. The Morgan fingerprint density at radius 3 is 2.71 bits per heavy atom. The Morgan fingerprint density at radius 1 is 1.15 bits per heavy atom. The SMILES string of the molecule is COc1cccc(C2/C(=C(/O)c3ccc4c(c3)CC(C)O4)C(=O)C(=O)N2Cc2ccncc2)c1. The second-order valence-corrected chi connectivity index (χ2v) is 8.51. The van der Waals surface area contributed by atoms with Crippen molar-refractivity contribution in [3.05, 3.63) is 94.8 Å². The highest BCUT2D eigenvalue weighted by Crippen LogP contribution is 2.42. The normalized spacial score (nSPS) is 20.8. The summed E-state index contributed by atoms with van der Waals surface area (Å²) >= 11 is 0. The molecule has 7 heteroatoms. The number of aromatic nitrogens is 1. The first-order valence-electron chi connectivity index (χ1n) is 11.1. The Balaban J connectivity index is 1.64. The van der Waals surface area contributed by atoms with Gasteiger partial charge in [-0.1, -0.05) is 12.1 Å². The highest BCUT2D eigenvalue weighted by Gasteiger charge is 2.46. The van der Waals surface area contributed by atoms with E-state index in [0.717, 1.165) is 16.9 Å². The lowest BCUT2D eigenvalue weighted by Gasteiger charge is -2.25. The van der Waals surface area contributed by atoms with E-state index in [-0.39, 0.29) is 24.0 Å². The standard InChI is InChI=1S/C27H24N2O5/c1-16-12-20-13-19(6-7-22(20)34-16)25(30)23-24(18-4-3-5-21(14-18)33-2)29(27(32)26(23)31)15-17-8-10-28-11-9-17/h3-11,13-14,16,24,30H,12,15H2,1-2H3/b25-23-. The molecule has 1 aromatic heterocycles. The third kappa shape index (κ3) is 3.79. The summed E-state index contributed by atoms with van der Waals surface area (Å²) in [5.74, 6) is -0.221. The molecule has 1 N–H and O–H groups in total. The van der Waals surface area contributed by atoms with Gasteiger partial charge in [-0.3, -0.25) is 14.6 Å². The van der Waals surface area contributed by atoms with E-state index in [4.69, 9.17) is 9.47 Å². The summed E-state index contributed by atoms with van der Waals surface area (Å²) in [6.07, 6.45) is 4.04. The molecule has 3 aromatic rings. The molecule has 1 fully saturated rings. The number of rotatable bonds is 5. The van der Waals surface area contributed by atoms with Gasteiger partial charge in [0.15, 0.2) is 0 Å². The molecule has 2 aromatic carbocycles. The van der Waals surface area contributed by atoms with Gasteiger partial charge in [-0.05, 0) is 66.1 Å². The molecule has 0 aliphatic carbocycles. The summed E-state index contributed by atoms with van der Waals surface area (Å²) in [7, 11) is 1.56. The smallest absolute Gasteiger partial charge is 0.295 e. The van der Waals surface area contributed by atoms with Crippen LogP contribution in [0.1, 0.15) is 35.2 Å². The Hall–Kier alpha value is -4.13. The van der Waals surface area contributed by atoms with E-state index in [1.54, 1.807) is 62.0 Å². The van der Waals surface area contributed by atoms with Crippen molar-refractivity contribution in [1.29, 1.82) is 0 Å². The third-order valence-corrected chi connectivity index (χ3v) is 6.22. The minimum atomic E-state index is -0.772. The van der Waals surface area contributed by atoms with Gasteiger partial charge in [-0.2, -0.15) is 0 Å². The molecule has 7 nitrogen and oxygen atoms in total. The van der Waals surface area contributed by atoms with Crippen LogP contribution in [-0.2, 0) is 22.6 Å². The first-order valence-corrected chi connectivity index (χ1v) is 11.1. The monoisotopic (exact) mass is 456 g/mol. The van der Waals surface area contributed by atoms with Crippen LogP contribution < -0.4 is 9.47 Å². The second-order valence-electron chi connectivity index (χ2n) is 8.51. The van der Waals surface area contributed by atoms with Gasteiger partial charge in [-0.25, -0.2) is 0 Å². The molecular formula is C27H24N2O5. The maximum atomic E-state index is 13.3. The zero-order valence-electron chi connectivity index (χ0n) is 18.9. The summed E-state index contributed by atoms with van der Waals surface area (Å²) in [6.45, 7) is 2.17. The molecule has 0 saturated carbocycles. The van der Waals surface area contributed by atoms with Gasteiger partial charge in [0, 0.05) is 30.9 Å². The van der Waals surface area contributed by atoms with Crippen LogP contribution in [0.15, 0.2) is 72.6 Å². The quantitative estimate of drug-likeness (QED) is 0.354. The van der Waals surface area contributed by atoms with Crippen LogP contribution >= 0.6 is 0 Å². The van der Waals surface area contributed by atoms with Crippen molar-refractivity contribution >= 4 is 17.4 Å². The van der Waals surface area contributed by atoms with Crippen LogP contribution in [0.3, 0.4) is 0 Å². The fourth-order valence-electron chi connectivity index (χ4n) is 4.61. The van der Waals surface area contributed by atoms with Crippen LogP contribution in [-0.4, -0.2) is 39.9 Å². The number of hydrogen-bond acceptors (Lipinski definition) is 6. The molecular weight excluding hydrogens is 432 g/mol. The summed E-state index contributed by atoms with van der Waals surface area (Å²) in [5, 5.41) is 11.3. The van der Waals surface area contributed by atoms with Gasteiger partial charge >= 0.3 is 0 Å². The van der Waals surface area contributed by atoms with E-state index >= 15 is 0 Å². The lowest BCUT2D eigenvalue weighted by molar-refractivity contribution is -0.140. The number of benzene rings is 2. The lowest BCUT2D eigenvalue weighted by atomic mass is 9.94. The highest BCUT2D eigenvalue weighted by molar-refractivity contribution is 6.46. The van der Waals surface area contributed by atoms with E-state index < -0.39 is 17.7 Å². The van der Waals surface area contributed by atoms with Crippen molar-refractivity contribution in [1.82, 2.24) is 9.88 Å². The molecule has 0 spiro atoms. The van der Waals surface area contributed by atoms with E-state index in [9.17, 15) is 14.7 Å². The van der Waals surface area contributed by atoms with Crippen LogP contribution in [0.4, 0.5) is 0 Å². The molecule has 2 unspecified atom stereocenters. The van der Waals surface area contributed by atoms with Gasteiger partial charge in [0.25, 0.3) is 11.7 Å². The van der Waals surface area contributed by atoms with Crippen molar-refractivity contribution in [3.8, 4) is 11.5 Å². The van der Waals surface area contributed by atoms with Gasteiger partial charge in [-0.15, -0.1) is 0 Å². The summed E-state index contributed by atoms with van der Waals surface area (Å²) in [5.41, 5.74) is 2.99. The maximum absolute atomic E-state index is 13.3. The van der Waals surface area contributed by atoms with E-state index in [1.165, 1.54) is 4.90 Å². The molecule has 0 radical (unpaired) electrons. The highest BCUT2D eigenvalue weighted by atomic mass is 16.5. The number of aliphatic hydroxyl groups excluding tert-OH is 1. The molecule has 1 saturated heterocycles. The van der Waals surface area contributed by atoms with Gasteiger partial charge in [0.05, 0.1) is 18.7 Å². The fourth-order valence-corrected chi connectivity index (χ4v) is 4.61. The van der Waals surface area contributed by atoms with E-state index in [1.807, 2.05) is 19.1 Å². The number of amides is 1. The maximum Gasteiger partial charge on any atom is 0.295 e. The van der Waals surface area contributed by atoms with Crippen LogP contribution in [0.5, 0.6) is 11.5 Å². The molecule has 0 bridgehead atoms. The molecule has 172 valence electrons. The number of fused-ring (bicyclic) bond motifs is 1. The van der Waals surface area contributed by atoms with Crippen molar-refractivity contribution in [2.75, 3.05) is 7.11 Å². The van der Waals surface area contributed by atoms with Crippen LogP contribution in [0.2, 0.25) is 0 Å². The number of nitrogens with zero attached hydrogens (tertiary/aromatic N) is 2. The average molecular weight is 456 g/mol. The number of aliphatic hydroxyl groups is 1. The zero-order valence-corrected chi connectivity index (χ0v) is 18.9. The number of carbonyl (C=O) groups excluding carboxylic acids is 2. The Bertz CT molecular complexity index is 1300. The van der Waals surface area contributed by atoms with Gasteiger partial charge in [0.2, 0.25) is 0 Å². The predicted molar refractivity (Wildman–Crippen MR) is 125 cm³/mol. The summed E-state index contributed by atoms with van der Waals surface area (Å²) in [4.78, 5) is 32.0. The molecule has 3 heterocycles. The Morgan fingerprint density at radius 2 is 1.94 bits per heavy atom. The molecule has 2 atom stereocenters. The van der Waals surface area contributed by atoms with Crippen molar-refractivity contribution in [2.24, 2.45) is 0 Å². The Kier molecular flexibility index (Phi) is 5.53. The number of ether oxygens (including phenoxy) is 2. The molecule has 2 aliphatic heterocycles. The topological polar surface area (TPSA) is 89.0 Å². The summed E-state index contributed by atoms with van der Waals surface area (Å²) < 4.78 is 11.1. The number of pyridine rings is 1. The van der Waals surface area contributed by atoms with Gasteiger partial charge < -0.3 is 19.5 Å². The predicted octanol–water partition coefficient (Wildman–Crippen LogP) is 4.04. The largest absolute Gasteiger partial charge is 0.507 e. The van der Waals surface area contributed by atoms with Gasteiger partial charge in [0.1, 0.15) is 23.4 Å². The average Bonchev–Trinajstić information content (AvgIpc) is 3.35. The lowest BCUT2D eigenvalue weighted by Crippen LogP contribution is -2.29. The second kappa shape index (κ2) is 8.67. The number of Topliss-reactive ketones (excluding diaryl/α,β-unsaturated/α-hetero) is 1. The third-order valence-electron chi connectivity index (χ3n) is 6.22. The van der Waals surface area contributed by atoms with Crippen molar-refractivity contribution < 1.29 is 24.2 Å². The number of methoxy groups -OCH3 is 1. The molecule has 2 aliphatic rings. The van der Waals surface area contributed by atoms with Crippen LogP contribution in [0.25, 0.3) is 5.76 Å². The Labute approximate surface area is 197 Å². The number of ketones is 1. The van der Waals surface area contributed by atoms with Crippen molar-refractivity contribution in [3.63, 3.8) is 0 Å². The van der Waals surface area contributed by atoms with Crippen LogP contribution in [0, 0.1) is 0 Å². The van der Waals surface area contributed by atoms with E-state index in [0.29, 0.717) is 23.3 Å². The number of likely N-dealkylation sites (tertiary alicyclic amines) is 1. The fraction of sp³-hybridized carbons (Fsp3) is 0.222.